The molecule has 0 bridgehead atoms. The van der Waals surface area contributed by atoms with Crippen molar-refractivity contribution in [1.29, 1.82) is 0 Å². The van der Waals surface area contributed by atoms with Crippen LogP contribution in [0.15, 0.2) is 0 Å². The average Bonchev–Trinajstić information content (AvgIpc) is 2.16. The van der Waals surface area contributed by atoms with E-state index in [9.17, 15) is 0 Å². The van der Waals surface area contributed by atoms with Crippen molar-refractivity contribution in [2.45, 2.75) is 52.5 Å². The highest BCUT2D eigenvalue weighted by molar-refractivity contribution is 7.99. The van der Waals surface area contributed by atoms with Crippen LogP contribution in [0.25, 0.3) is 0 Å². The maximum absolute atomic E-state index is 3.50. The molecule has 1 atom stereocenters. The lowest BCUT2D eigenvalue weighted by Crippen LogP contribution is -2.30. The van der Waals surface area contributed by atoms with Gasteiger partial charge in [0.15, 0.2) is 0 Å². The molecule has 0 aromatic rings. The fourth-order valence-corrected chi connectivity index (χ4v) is 2.50. The summed E-state index contributed by atoms with van der Waals surface area (Å²) < 4.78 is 0. The van der Waals surface area contributed by atoms with E-state index >= 15 is 0 Å². The second-order valence-corrected chi connectivity index (χ2v) is 4.59. The highest BCUT2D eigenvalue weighted by atomic mass is 32.2. The van der Waals surface area contributed by atoms with Crippen LogP contribution in [-0.2, 0) is 0 Å². The normalized spacial score (nSPS) is 13.2. The molecule has 1 unspecified atom stereocenters. The molecule has 80 valence electrons. The Hall–Kier alpha value is 0.310. The molecule has 0 rings (SSSR count). The number of nitrogens with one attached hydrogen (secondary N) is 1. The molecule has 0 aromatic carbocycles. The van der Waals surface area contributed by atoms with Crippen LogP contribution in [0.5, 0.6) is 0 Å². The maximum Gasteiger partial charge on any atom is 0.0155 e. The van der Waals surface area contributed by atoms with E-state index in [1.165, 1.54) is 37.2 Å². The summed E-state index contributed by atoms with van der Waals surface area (Å²) in [5.41, 5.74) is 0. The Morgan fingerprint density at radius 1 is 1.15 bits per heavy atom. The zero-order valence-electron chi connectivity index (χ0n) is 9.44. The van der Waals surface area contributed by atoms with E-state index in [0.717, 1.165) is 12.6 Å². The van der Waals surface area contributed by atoms with Gasteiger partial charge in [-0.05, 0) is 25.1 Å². The van der Waals surface area contributed by atoms with Gasteiger partial charge in [-0.25, -0.2) is 0 Å². The van der Waals surface area contributed by atoms with Crippen molar-refractivity contribution in [1.82, 2.24) is 5.32 Å². The first-order valence-corrected chi connectivity index (χ1v) is 6.81. The average molecular weight is 203 g/mol. The Labute approximate surface area is 88.1 Å². The predicted octanol–water partition coefficient (Wildman–Crippen LogP) is 3.30. The van der Waals surface area contributed by atoms with E-state index in [-0.39, 0.29) is 0 Å². The second kappa shape index (κ2) is 10.4. The van der Waals surface area contributed by atoms with Gasteiger partial charge in [0.1, 0.15) is 0 Å². The molecule has 0 saturated carbocycles. The van der Waals surface area contributed by atoms with E-state index < -0.39 is 0 Å². The molecule has 0 aromatic heterocycles. The van der Waals surface area contributed by atoms with E-state index in [0.29, 0.717) is 0 Å². The number of hydrogen-bond acceptors (Lipinski definition) is 2. The van der Waals surface area contributed by atoms with E-state index in [1.807, 2.05) is 0 Å². The number of unbranched alkanes of at least 4 members (excludes halogenated alkanes) is 2. The standard InChI is InChI=1S/C11H25NS/c1-4-7-8-9-13-10-11(5-2)12-6-3/h11-12H,4-10H2,1-3H3. The summed E-state index contributed by atoms with van der Waals surface area (Å²) in [7, 11) is 0. The molecule has 13 heavy (non-hydrogen) atoms. The van der Waals surface area contributed by atoms with Crippen LogP contribution < -0.4 is 5.32 Å². The van der Waals surface area contributed by atoms with Crippen molar-refractivity contribution in [2.24, 2.45) is 0 Å². The summed E-state index contributed by atoms with van der Waals surface area (Å²) >= 11 is 2.10. The van der Waals surface area contributed by atoms with Crippen molar-refractivity contribution < 1.29 is 0 Å². The lowest BCUT2D eigenvalue weighted by atomic mass is 10.2. The summed E-state index contributed by atoms with van der Waals surface area (Å²) in [5, 5.41) is 3.50. The van der Waals surface area contributed by atoms with Gasteiger partial charge in [-0.15, -0.1) is 0 Å². The van der Waals surface area contributed by atoms with Crippen molar-refractivity contribution in [3.63, 3.8) is 0 Å². The minimum Gasteiger partial charge on any atom is -0.313 e. The third-order valence-corrected chi connectivity index (χ3v) is 3.41. The molecule has 1 nitrogen and oxygen atoms in total. The van der Waals surface area contributed by atoms with Gasteiger partial charge in [0.25, 0.3) is 0 Å². The third-order valence-electron chi connectivity index (χ3n) is 2.20. The highest BCUT2D eigenvalue weighted by Crippen LogP contribution is 2.09. The zero-order valence-corrected chi connectivity index (χ0v) is 10.3. The van der Waals surface area contributed by atoms with Gasteiger partial charge in [0, 0.05) is 11.8 Å². The van der Waals surface area contributed by atoms with Gasteiger partial charge in [-0.2, -0.15) is 11.8 Å². The van der Waals surface area contributed by atoms with Crippen LogP contribution in [0, 0.1) is 0 Å². The Bertz CT molecular complexity index is 96.1. The van der Waals surface area contributed by atoms with Crippen LogP contribution in [-0.4, -0.2) is 24.1 Å². The predicted molar refractivity (Wildman–Crippen MR) is 64.6 cm³/mol. The summed E-state index contributed by atoms with van der Waals surface area (Å²) in [6, 6.07) is 0.733. The first kappa shape index (κ1) is 13.3. The summed E-state index contributed by atoms with van der Waals surface area (Å²) in [4.78, 5) is 0. The van der Waals surface area contributed by atoms with E-state index in [2.05, 4.69) is 37.8 Å². The molecule has 0 saturated heterocycles. The van der Waals surface area contributed by atoms with Gasteiger partial charge < -0.3 is 5.32 Å². The maximum atomic E-state index is 3.50. The Kier molecular flexibility index (Phi) is 10.6. The zero-order chi connectivity index (χ0) is 9.94. The van der Waals surface area contributed by atoms with Crippen LogP contribution in [0.1, 0.15) is 46.5 Å². The van der Waals surface area contributed by atoms with Crippen molar-refractivity contribution >= 4 is 11.8 Å². The van der Waals surface area contributed by atoms with E-state index in [1.54, 1.807) is 0 Å². The van der Waals surface area contributed by atoms with Gasteiger partial charge in [-0.3, -0.25) is 0 Å². The first-order valence-electron chi connectivity index (χ1n) is 5.66. The minimum atomic E-state index is 0.733. The Morgan fingerprint density at radius 2 is 1.92 bits per heavy atom. The minimum absolute atomic E-state index is 0.733. The van der Waals surface area contributed by atoms with Crippen LogP contribution in [0.2, 0.25) is 0 Å². The first-order chi connectivity index (χ1) is 6.35. The molecule has 1 N–H and O–H groups in total. The van der Waals surface area contributed by atoms with Crippen LogP contribution in [0.4, 0.5) is 0 Å². The van der Waals surface area contributed by atoms with Gasteiger partial charge in [0.05, 0.1) is 0 Å². The van der Waals surface area contributed by atoms with Gasteiger partial charge in [-0.1, -0.05) is 33.6 Å². The largest absolute Gasteiger partial charge is 0.313 e. The fourth-order valence-electron chi connectivity index (χ4n) is 1.29. The van der Waals surface area contributed by atoms with Crippen molar-refractivity contribution in [3.8, 4) is 0 Å². The molecule has 0 fully saturated rings. The van der Waals surface area contributed by atoms with E-state index in [4.69, 9.17) is 0 Å². The summed E-state index contributed by atoms with van der Waals surface area (Å²) in [6.45, 7) is 7.82. The number of rotatable bonds is 9. The molecule has 0 aliphatic heterocycles. The van der Waals surface area contributed by atoms with Gasteiger partial charge >= 0.3 is 0 Å². The molecule has 0 heterocycles. The second-order valence-electron chi connectivity index (χ2n) is 3.44. The molecular formula is C11H25NS. The molecule has 0 spiro atoms. The van der Waals surface area contributed by atoms with Crippen LogP contribution in [0.3, 0.4) is 0 Å². The summed E-state index contributed by atoms with van der Waals surface area (Å²) in [6.07, 6.45) is 5.38. The molecule has 0 amide bonds. The fraction of sp³-hybridized carbons (Fsp3) is 1.00. The SMILES string of the molecule is CCCCCSCC(CC)NCC. The van der Waals surface area contributed by atoms with Gasteiger partial charge in [0.2, 0.25) is 0 Å². The Balaban J connectivity index is 3.17. The van der Waals surface area contributed by atoms with Crippen molar-refractivity contribution in [3.05, 3.63) is 0 Å². The summed E-state index contributed by atoms with van der Waals surface area (Å²) in [5.74, 6) is 2.63. The smallest absolute Gasteiger partial charge is 0.0155 e. The molecule has 0 radical (unpaired) electrons. The lowest BCUT2D eigenvalue weighted by Gasteiger charge is -2.14. The topological polar surface area (TPSA) is 12.0 Å². The quantitative estimate of drug-likeness (QED) is 0.577. The third kappa shape index (κ3) is 8.63. The highest BCUT2D eigenvalue weighted by Gasteiger charge is 2.02. The van der Waals surface area contributed by atoms with Crippen LogP contribution >= 0.6 is 11.8 Å². The molecule has 2 heteroatoms. The molecule has 0 aliphatic carbocycles. The Morgan fingerprint density at radius 3 is 2.46 bits per heavy atom. The number of thioether (sulfide) groups is 1. The monoisotopic (exact) mass is 203 g/mol. The number of hydrogen-bond donors (Lipinski definition) is 1. The molecular weight excluding hydrogens is 178 g/mol. The molecule has 0 aliphatic rings. The van der Waals surface area contributed by atoms with Crippen molar-refractivity contribution in [2.75, 3.05) is 18.1 Å². The lowest BCUT2D eigenvalue weighted by molar-refractivity contribution is 0.560.